The fraction of sp³-hybridized carbons (Fsp3) is 0.717. The number of amides is 5. The second kappa shape index (κ2) is 23.2. The van der Waals surface area contributed by atoms with Crippen molar-refractivity contribution >= 4 is 41.3 Å². The Morgan fingerprint density at radius 2 is 1.42 bits per heavy atom. The smallest absolute Gasteiger partial charge is 0.306 e. The summed E-state index contributed by atoms with van der Waals surface area (Å²) < 4.78 is 17.6. The maximum atomic E-state index is 14.5. The van der Waals surface area contributed by atoms with E-state index in [9.17, 15) is 33.6 Å². The van der Waals surface area contributed by atoms with E-state index in [0.717, 1.165) is 5.56 Å². The molecule has 0 aromatic heterocycles. The van der Waals surface area contributed by atoms with E-state index in [2.05, 4.69) is 21.3 Å². The first-order valence-electron chi connectivity index (χ1n) is 21.9. The summed E-state index contributed by atoms with van der Waals surface area (Å²) in [5.41, 5.74) is 5.32. The summed E-state index contributed by atoms with van der Waals surface area (Å²) in [6, 6.07) is 1.94. The van der Waals surface area contributed by atoms with Crippen LogP contribution in [0.25, 0.3) is 0 Å². The van der Waals surface area contributed by atoms with E-state index < -0.39 is 94.7 Å². The second-order valence-electron chi connectivity index (χ2n) is 19.8. The van der Waals surface area contributed by atoms with Gasteiger partial charge in [-0.15, -0.1) is 0 Å². The van der Waals surface area contributed by atoms with Crippen LogP contribution in [0.4, 0.5) is 0 Å². The molecule has 7 atom stereocenters. The van der Waals surface area contributed by atoms with E-state index in [0.29, 0.717) is 18.6 Å². The number of nitrogens with two attached hydrogens (primary N) is 1. The van der Waals surface area contributed by atoms with Crippen LogP contribution in [0.3, 0.4) is 0 Å². The summed E-state index contributed by atoms with van der Waals surface area (Å²) in [6.07, 6.45) is -0.215. The summed E-state index contributed by atoms with van der Waals surface area (Å²) in [5, 5.41) is 10.8. The molecule has 1 aliphatic rings. The fourth-order valence-corrected chi connectivity index (χ4v) is 7.23. The minimum Gasteiger partial charge on any atom is -0.488 e. The highest BCUT2D eigenvalue weighted by Gasteiger charge is 2.42. The minimum absolute atomic E-state index is 0.00870. The van der Waals surface area contributed by atoms with Gasteiger partial charge in [0.25, 0.3) is 0 Å². The highest BCUT2D eigenvalue weighted by molar-refractivity contribution is 5.97. The van der Waals surface area contributed by atoms with Crippen LogP contribution in [-0.4, -0.2) is 113 Å². The number of ether oxygens (including phenoxy) is 3. The molecule has 0 unspecified atom stereocenters. The van der Waals surface area contributed by atoms with Gasteiger partial charge >= 0.3 is 5.97 Å². The predicted molar refractivity (Wildman–Crippen MR) is 237 cm³/mol. The third-order valence-electron chi connectivity index (χ3n) is 9.89. The van der Waals surface area contributed by atoms with Gasteiger partial charge in [0, 0.05) is 32.4 Å². The molecule has 16 heteroatoms. The van der Waals surface area contributed by atoms with Gasteiger partial charge in [-0.25, -0.2) is 0 Å². The number of ketones is 1. The normalized spacial score (nSPS) is 17.5. The Kier molecular flexibility index (Phi) is 20.1. The summed E-state index contributed by atoms with van der Waals surface area (Å²) in [5.74, 6) is -3.87. The van der Waals surface area contributed by atoms with E-state index in [-0.39, 0.29) is 50.2 Å². The Labute approximate surface area is 369 Å². The molecule has 350 valence electrons. The number of likely N-dealkylation sites (tertiary alicyclic amines) is 1. The van der Waals surface area contributed by atoms with Gasteiger partial charge in [-0.1, -0.05) is 26.0 Å². The van der Waals surface area contributed by atoms with E-state index in [1.54, 1.807) is 27.7 Å². The minimum atomic E-state index is -1.22. The molecule has 0 aliphatic carbocycles. The summed E-state index contributed by atoms with van der Waals surface area (Å²) in [4.78, 5) is 96.3. The Morgan fingerprint density at radius 3 is 1.95 bits per heavy atom. The van der Waals surface area contributed by atoms with Crippen LogP contribution in [0.15, 0.2) is 24.3 Å². The first-order valence-corrected chi connectivity index (χ1v) is 21.9. The third-order valence-corrected chi connectivity index (χ3v) is 9.89. The lowest BCUT2D eigenvalue weighted by molar-refractivity contribution is -0.155. The number of esters is 1. The van der Waals surface area contributed by atoms with Gasteiger partial charge in [0.2, 0.25) is 29.5 Å². The van der Waals surface area contributed by atoms with Gasteiger partial charge < -0.3 is 46.1 Å². The number of hydrogen-bond donors (Lipinski definition) is 5. The topological polar surface area (TPSA) is 225 Å². The monoisotopic (exact) mass is 873 g/mol. The average Bonchev–Trinajstić information content (AvgIpc) is 3.63. The van der Waals surface area contributed by atoms with Crippen molar-refractivity contribution in [2.24, 2.45) is 17.6 Å². The lowest BCUT2D eigenvalue weighted by atomic mass is 9.88. The van der Waals surface area contributed by atoms with Crippen molar-refractivity contribution in [2.75, 3.05) is 13.6 Å². The number of likely N-dealkylation sites (N-methyl/N-ethyl adjacent to an activating group) is 1. The Hall–Kier alpha value is -4.57. The number of benzene rings is 1. The summed E-state index contributed by atoms with van der Waals surface area (Å²) in [7, 11) is 1.45. The molecule has 1 heterocycles. The predicted octanol–water partition coefficient (Wildman–Crippen LogP) is 3.89. The van der Waals surface area contributed by atoms with E-state index >= 15 is 0 Å². The number of nitrogens with zero attached hydrogens (tertiary/aromatic N) is 1. The van der Waals surface area contributed by atoms with Crippen molar-refractivity contribution in [3.8, 4) is 5.75 Å². The van der Waals surface area contributed by atoms with Crippen molar-refractivity contribution in [2.45, 2.75) is 188 Å². The number of hydrogen-bond acceptors (Lipinski definition) is 11. The van der Waals surface area contributed by atoms with Gasteiger partial charge in [0.05, 0.1) is 23.8 Å². The molecule has 1 fully saturated rings. The van der Waals surface area contributed by atoms with Gasteiger partial charge in [-0.3, -0.25) is 33.6 Å². The van der Waals surface area contributed by atoms with Crippen molar-refractivity contribution in [3.05, 3.63) is 29.8 Å². The number of carbonyl (C=O) groups is 7. The number of nitrogens with one attached hydrogen (secondary N) is 4. The SMILES string of the molecule is CNC(=O)[C@@H](C)NC(=O)[C@H](CC(=O)[C@@H](CCC(=O)OC(C)(C)C)NC(=O)[C@H]1CCCN1C(=O)[C@H](NC(=O)[C@H](N)Cc1ccc(OC(C)(C)C)cc1)[C@@H](C)OC(C)(C)C)CC(C)C. The largest absolute Gasteiger partial charge is 0.488 e. The average molecular weight is 873 g/mol. The standard InChI is InChI=1S/C46H76N6O10/c1-27(2)24-31(40(56)49-28(3)39(55)48-14)26-36(53)34(21-22-37(54)62-46(11,12)13)50-42(58)35-16-15-23-52(35)43(59)38(29(4)60-44(5,6)7)51-41(57)33(47)25-30-17-19-32(20-18-30)61-45(8,9)10/h17-20,27-29,31,33-35,38H,15-16,21-26,47H2,1-14H3,(H,48,55)(H,49,56)(H,50,58)(H,51,57)/t28-,29-,31+,33-,34-,35-,38-/m1/s1. The highest BCUT2D eigenvalue weighted by Crippen LogP contribution is 2.24. The molecule has 0 saturated carbocycles. The molecular formula is C46H76N6O10. The Morgan fingerprint density at radius 1 is 0.806 bits per heavy atom. The van der Waals surface area contributed by atoms with Gasteiger partial charge in [0.1, 0.15) is 35.1 Å². The molecule has 1 aromatic rings. The number of carbonyl (C=O) groups excluding carboxylic acids is 7. The number of Topliss-reactive ketones (excluding diaryl/α,β-unsaturated/α-hetero) is 1. The lowest BCUT2D eigenvalue weighted by Crippen LogP contribution is -2.60. The highest BCUT2D eigenvalue weighted by atomic mass is 16.6. The first kappa shape index (κ1) is 53.6. The summed E-state index contributed by atoms with van der Waals surface area (Å²) >= 11 is 0. The fourth-order valence-electron chi connectivity index (χ4n) is 7.23. The molecule has 5 amide bonds. The molecule has 16 nitrogen and oxygen atoms in total. The third kappa shape index (κ3) is 18.8. The van der Waals surface area contributed by atoms with Crippen LogP contribution in [0.1, 0.15) is 134 Å². The summed E-state index contributed by atoms with van der Waals surface area (Å²) in [6.45, 7) is 23.7. The van der Waals surface area contributed by atoms with Crippen molar-refractivity contribution in [3.63, 3.8) is 0 Å². The quantitative estimate of drug-likeness (QED) is 0.112. The molecule has 1 saturated heterocycles. The van der Waals surface area contributed by atoms with E-state index in [1.165, 1.54) is 18.9 Å². The van der Waals surface area contributed by atoms with Gasteiger partial charge in [0.15, 0.2) is 5.78 Å². The first-order chi connectivity index (χ1) is 28.5. The van der Waals surface area contributed by atoms with Crippen LogP contribution in [0, 0.1) is 11.8 Å². The molecule has 1 aliphatic heterocycles. The van der Waals surface area contributed by atoms with Crippen LogP contribution >= 0.6 is 0 Å². The molecule has 6 N–H and O–H groups in total. The zero-order chi connectivity index (χ0) is 47.3. The molecular weight excluding hydrogens is 797 g/mol. The van der Waals surface area contributed by atoms with Crippen LogP contribution in [0.5, 0.6) is 5.75 Å². The zero-order valence-corrected chi connectivity index (χ0v) is 39.7. The van der Waals surface area contributed by atoms with Crippen molar-refractivity contribution in [1.29, 1.82) is 0 Å². The lowest BCUT2D eigenvalue weighted by Gasteiger charge is -2.35. The van der Waals surface area contributed by atoms with Crippen LogP contribution in [0.2, 0.25) is 0 Å². The van der Waals surface area contributed by atoms with Crippen LogP contribution in [-0.2, 0) is 49.5 Å². The molecule has 0 spiro atoms. The molecule has 0 radical (unpaired) electrons. The maximum Gasteiger partial charge on any atom is 0.306 e. The molecule has 62 heavy (non-hydrogen) atoms. The van der Waals surface area contributed by atoms with E-state index in [4.69, 9.17) is 19.9 Å². The van der Waals surface area contributed by atoms with Gasteiger partial charge in [-0.2, -0.15) is 0 Å². The second-order valence-corrected chi connectivity index (χ2v) is 19.8. The maximum absolute atomic E-state index is 14.5. The molecule has 0 bridgehead atoms. The zero-order valence-electron chi connectivity index (χ0n) is 39.7. The van der Waals surface area contributed by atoms with E-state index in [1.807, 2.05) is 79.7 Å². The van der Waals surface area contributed by atoms with Crippen molar-refractivity contribution < 1.29 is 47.8 Å². The number of rotatable bonds is 21. The van der Waals surface area contributed by atoms with Crippen LogP contribution < -0.4 is 31.7 Å². The molecule has 2 rings (SSSR count). The van der Waals surface area contributed by atoms with Gasteiger partial charge in [-0.05, 0) is 132 Å². The molecule has 1 aromatic carbocycles. The Bertz CT molecular complexity index is 1690. The Balaban J connectivity index is 2.38. The van der Waals surface area contributed by atoms with Crippen molar-refractivity contribution in [1.82, 2.24) is 26.2 Å².